The van der Waals surface area contributed by atoms with Crippen LogP contribution in [0.2, 0.25) is 0 Å². The van der Waals surface area contributed by atoms with E-state index >= 15 is 0 Å². The molecule has 19 heavy (non-hydrogen) atoms. The highest BCUT2D eigenvalue weighted by atomic mass is 16.5. The largest absolute Gasteiger partial charge is 0.478 e. The highest BCUT2D eigenvalue weighted by Crippen LogP contribution is 2.31. The van der Waals surface area contributed by atoms with E-state index in [0.717, 1.165) is 38.0 Å². The van der Waals surface area contributed by atoms with Gasteiger partial charge in [-0.3, -0.25) is 0 Å². The molecule has 1 aromatic carbocycles. The molecule has 1 aliphatic rings. The van der Waals surface area contributed by atoms with Crippen LogP contribution in [0.4, 0.5) is 5.69 Å². The molecular formula is C15H21NO3. The summed E-state index contributed by atoms with van der Waals surface area (Å²) in [6, 6.07) is 7.09. The lowest BCUT2D eigenvalue weighted by Crippen LogP contribution is -2.45. The molecule has 0 aromatic heterocycles. The van der Waals surface area contributed by atoms with Crippen LogP contribution in [-0.2, 0) is 4.74 Å². The fraction of sp³-hybridized carbons (Fsp3) is 0.533. The predicted molar refractivity (Wildman–Crippen MR) is 74.9 cm³/mol. The number of benzene rings is 1. The molecule has 1 aliphatic heterocycles. The third kappa shape index (κ3) is 2.89. The topological polar surface area (TPSA) is 49.8 Å². The lowest BCUT2D eigenvalue weighted by molar-refractivity contribution is -0.0322. The Kier molecular flexibility index (Phi) is 4.10. The van der Waals surface area contributed by atoms with Gasteiger partial charge in [0.05, 0.1) is 11.2 Å². The van der Waals surface area contributed by atoms with Gasteiger partial charge in [-0.1, -0.05) is 6.92 Å². The van der Waals surface area contributed by atoms with Crippen molar-refractivity contribution in [3.8, 4) is 0 Å². The Morgan fingerprint density at radius 3 is 2.32 bits per heavy atom. The highest BCUT2D eigenvalue weighted by molar-refractivity contribution is 5.88. The molecule has 0 spiro atoms. The average molecular weight is 263 g/mol. The zero-order chi connectivity index (χ0) is 13.9. The molecular weight excluding hydrogens is 242 g/mol. The fourth-order valence-corrected chi connectivity index (χ4v) is 2.69. The summed E-state index contributed by atoms with van der Waals surface area (Å²) in [5.74, 6) is -0.880. The van der Waals surface area contributed by atoms with Crippen LogP contribution in [0.1, 0.15) is 36.5 Å². The minimum atomic E-state index is -0.880. The van der Waals surface area contributed by atoms with E-state index < -0.39 is 5.97 Å². The molecule has 0 bridgehead atoms. The van der Waals surface area contributed by atoms with Crippen molar-refractivity contribution in [3.63, 3.8) is 0 Å². The van der Waals surface area contributed by atoms with Crippen LogP contribution in [-0.4, -0.2) is 36.9 Å². The molecule has 1 saturated heterocycles. The molecule has 1 fully saturated rings. The summed E-state index contributed by atoms with van der Waals surface area (Å²) in [5.41, 5.74) is 1.45. The van der Waals surface area contributed by atoms with Gasteiger partial charge in [0.2, 0.25) is 0 Å². The molecule has 0 saturated carbocycles. The van der Waals surface area contributed by atoms with E-state index in [-0.39, 0.29) is 5.60 Å². The smallest absolute Gasteiger partial charge is 0.335 e. The van der Waals surface area contributed by atoms with Crippen LogP contribution >= 0.6 is 0 Å². The second-order valence-electron chi connectivity index (χ2n) is 5.08. The van der Waals surface area contributed by atoms with E-state index in [9.17, 15) is 4.79 Å². The Morgan fingerprint density at radius 2 is 1.89 bits per heavy atom. The van der Waals surface area contributed by atoms with Crippen LogP contribution < -0.4 is 4.90 Å². The number of hydrogen-bond acceptors (Lipinski definition) is 3. The van der Waals surface area contributed by atoms with E-state index in [1.807, 2.05) is 12.1 Å². The SMILES string of the molecule is CCC1(OC)CCN(c2ccc(C(=O)O)cc2)CC1. The molecule has 1 aromatic rings. The van der Waals surface area contributed by atoms with Gasteiger partial charge in [-0.2, -0.15) is 0 Å². The number of piperidine rings is 1. The Bertz CT molecular complexity index is 427. The quantitative estimate of drug-likeness (QED) is 0.907. The molecule has 2 rings (SSSR count). The summed E-state index contributed by atoms with van der Waals surface area (Å²) in [6.07, 6.45) is 3.07. The summed E-state index contributed by atoms with van der Waals surface area (Å²) >= 11 is 0. The van der Waals surface area contributed by atoms with Crippen LogP contribution in [0.25, 0.3) is 0 Å². The summed E-state index contributed by atoms with van der Waals surface area (Å²) < 4.78 is 5.66. The van der Waals surface area contributed by atoms with Crippen LogP contribution in [0.3, 0.4) is 0 Å². The van der Waals surface area contributed by atoms with Crippen molar-refractivity contribution < 1.29 is 14.6 Å². The van der Waals surface area contributed by atoms with Crippen molar-refractivity contribution in [2.75, 3.05) is 25.1 Å². The third-order valence-corrected chi connectivity index (χ3v) is 4.23. The van der Waals surface area contributed by atoms with Gasteiger partial charge in [-0.05, 0) is 43.5 Å². The van der Waals surface area contributed by atoms with Gasteiger partial charge in [-0.25, -0.2) is 4.79 Å². The van der Waals surface area contributed by atoms with Gasteiger partial charge < -0.3 is 14.7 Å². The third-order valence-electron chi connectivity index (χ3n) is 4.23. The highest BCUT2D eigenvalue weighted by Gasteiger charge is 2.32. The summed E-state index contributed by atoms with van der Waals surface area (Å²) in [7, 11) is 1.79. The fourth-order valence-electron chi connectivity index (χ4n) is 2.69. The molecule has 0 atom stereocenters. The first-order chi connectivity index (χ1) is 9.10. The number of rotatable bonds is 4. The monoisotopic (exact) mass is 263 g/mol. The maximum atomic E-state index is 10.8. The zero-order valence-electron chi connectivity index (χ0n) is 11.6. The first-order valence-corrected chi connectivity index (χ1v) is 6.74. The van der Waals surface area contributed by atoms with E-state index in [2.05, 4.69) is 11.8 Å². The molecule has 1 heterocycles. The number of carboxylic acids is 1. The van der Waals surface area contributed by atoms with Gasteiger partial charge in [-0.15, -0.1) is 0 Å². The normalized spacial score (nSPS) is 18.3. The van der Waals surface area contributed by atoms with Crippen molar-refractivity contribution in [3.05, 3.63) is 29.8 Å². The molecule has 104 valence electrons. The average Bonchev–Trinajstić information content (AvgIpc) is 2.47. The van der Waals surface area contributed by atoms with Crippen molar-refractivity contribution in [1.29, 1.82) is 0 Å². The molecule has 1 N–H and O–H groups in total. The van der Waals surface area contributed by atoms with E-state index in [1.54, 1.807) is 19.2 Å². The number of nitrogens with zero attached hydrogens (tertiary/aromatic N) is 1. The molecule has 0 unspecified atom stereocenters. The van der Waals surface area contributed by atoms with Gasteiger partial charge in [0.1, 0.15) is 0 Å². The molecule has 0 aliphatic carbocycles. The number of carbonyl (C=O) groups is 1. The van der Waals surface area contributed by atoms with E-state index in [0.29, 0.717) is 5.56 Å². The molecule has 4 nitrogen and oxygen atoms in total. The summed E-state index contributed by atoms with van der Waals surface area (Å²) in [6.45, 7) is 4.07. The predicted octanol–water partition coefficient (Wildman–Crippen LogP) is 2.78. The zero-order valence-corrected chi connectivity index (χ0v) is 11.6. The van der Waals surface area contributed by atoms with Gasteiger partial charge in [0.25, 0.3) is 0 Å². The summed E-state index contributed by atoms with van der Waals surface area (Å²) in [5, 5.41) is 8.89. The van der Waals surface area contributed by atoms with Gasteiger partial charge in [0.15, 0.2) is 0 Å². The minimum absolute atomic E-state index is 0.0253. The molecule has 0 radical (unpaired) electrons. The van der Waals surface area contributed by atoms with Crippen molar-refractivity contribution >= 4 is 11.7 Å². The van der Waals surface area contributed by atoms with E-state index in [1.165, 1.54) is 0 Å². The van der Waals surface area contributed by atoms with Gasteiger partial charge >= 0.3 is 5.97 Å². The standard InChI is InChI=1S/C15H21NO3/c1-3-15(19-2)8-10-16(11-9-15)13-6-4-12(5-7-13)14(17)18/h4-7H,3,8-11H2,1-2H3,(H,17,18). The number of aromatic carboxylic acids is 1. The Balaban J connectivity index is 2.03. The summed E-state index contributed by atoms with van der Waals surface area (Å²) in [4.78, 5) is 13.1. The van der Waals surface area contributed by atoms with Crippen molar-refractivity contribution in [2.24, 2.45) is 0 Å². The Hall–Kier alpha value is -1.55. The Labute approximate surface area is 114 Å². The first-order valence-electron chi connectivity index (χ1n) is 6.74. The van der Waals surface area contributed by atoms with Crippen LogP contribution in [0.15, 0.2) is 24.3 Å². The maximum absolute atomic E-state index is 10.8. The van der Waals surface area contributed by atoms with E-state index in [4.69, 9.17) is 9.84 Å². The number of carboxylic acid groups (broad SMARTS) is 1. The first kappa shape index (κ1) is 13.9. The number of hydrogen-bond donors (Lipinski definition) is 1. The minimum Gasteiger partial charge on any atom is -0.478 e. The molecule has 4 heteroatoms. The number of anilines is 1. The lowest BCUT2D eigenvalue weighted by Gasteiger charge is -2.41. The van der Waals surface area contributed by atoms with Crippen molar-refractivity contribution in [1.82, 2.24) is 0 Å². The maximum Gasteiger partial charge on any atom is 0.335 e. The number of ether oxygens (including phenoxy) is 1. The second-order valence-corrected chi connectivity index (χ2v) is 5.08. The lowest BCUT2D eigenvalue weighted by atomic mass is 9.88. The number of methoxy groups -OCH3 is 1. The van der Waals surface area contributed by atoms with Crippen molar-refractivity contribution in [2.45, 2.75) is 31.8 Å². The Morgan fingerprint density at radius 1 is 1.32 bits per heavy atom. The molecule has 0 amide bonds. The van der Waals surface area contributed by atoms with Crippen LogP contribution in [0, 0.1) is 0 Å². The van der Waals surface area contributed by atoms with Crippen LogP contribution in [0.5, 0.6) is 0 Å². The van der Waals surface area contributed by atoms with Gasteiger partial charge in [0, 0.05) is 25.9 Å². The second kappa shape index (κ2) is 5.61.